The van der Waals surface area contributed by atoms with Gasteiger partial charge in [-0.15, -0.1) is 0 Å². The highest BCUT2D eigenvalue weighted by Crippen LogP contribution is 2.34. The van der Waals surface area contributed by atoms with E-state index in [0.29, 0.717) is 17.4 Å². The van der Waals surface area contributed by atoms with Gasteiger partial charge in [-0.25, -0.2) is 9.59 Å². The first-order chi connectivity index (χ1) is 10.1. The molecule has 0 fully saturated rings. The fourth-order valence-corrected chi connectivity index (χ4v) is 2.14. The van der Waals surface area contributed by atoms with Crippen LogP contribution in [0.2, 0.25) is 0 Å². The summed E-state index contributed by atoms with van der Waals surface area (Å²) in [4.78, 5) is 23.6. The van der Waals surface area contributed by atoms with E-state index < -0.39 is 18.5 Å². The lowest BCUT2D eigenvalue weighted by molar-refractivity contribution is -0.150. The summed E-state index contributed by atoms with van der Waals surface area (Å²) in [6, 6.07) is 5.01. The monoisotopic (exact) mass is 310 g/mol. The number of ether oxygens (including phenoxy) is 4. The van der Waals surface area contributed by atoms with Gasteiger partial charge in [-0.05, 0) is 19.1 Å². The third-order valence-corrected chi connectivity index (χ3v) is 3.34. The van der Waals surface area contributed by atoms with Gasteiger partial charge in [-0.1, -0.05) is 18.3 Å². The molecule has 0 bridgehead atoms. The Bertz CT molecular complexity index is 569. The van der Waals surface area contributed by atoms with Crippen molar-refractivity contribution in [2.75, 3.05) is 19.3 Å². The largest absolute Gasteiger partial charge is 0.466 e. The molecule has 0 saturated heterocycles. The van der Waals surface area contributed by atoms with Gasteiger partial charge in [0.25, 0.3) is 0 Å². The number of esters is 2. The van der Waals surface area contributed by atoms with Crippen molar-refractivity contribution in [1.82, 2.24) is 0 Å². The minimum Gasteiger partial charge on any atom is -0.466 e. The number of rotatable bonds is 4. The van der Waals surface area contributed by atoms with E-state index in [2.05, 4.69) is 6.58 Å². The van der Waals surface area contributed by atoms with E-state index in [4.69, 9.17) is 18.9 Å². The zero-order chi connectivity index (χ0) is 15.2. The molecule has 0 saturated carbocycles. The molecule has 0 aromatic heterocycles. The van der Waals surface area contributed by atoms with Crippen molar-refractivity contribution in [3.8, 4) is 11.5 Å². The average molecular weight is 310 g/mol. The number of hydrogen-bond acceptors (Lipinski definition) is 7. The molecule has 2 rings (SSSR count). The van der Waals surface area contributed by atoms with E-state index in [1.165, 1.54) is 18.7 Å². The molecule has 1 aromatic rings. The minimum absolute atomic E-state index is 0.146. The van der Waals surface area contributed by atoms with Crippen LogP contribution in [0.25, 0.3) is 0 Å². The summed E-state index contributed by atoms with van der Waals surface area (Å²) < 4.78 is 20.3. The summed E-state index contributed by atoms with van der Waals surface area (Å²) in [6.07, 6.45) is 0. The summed E-state index contributed by atoms with van der Waals surface area (Å²) in [5, 5.41) is 0. The Labute approximate surface area is 126 Å². The highest BCUT2D eigenvalue weighted by molar-refractivity contribution is 7.99. The smallest absolute Gasteiger partial charge is 0.349 e. The van der Waals surface area contributed by atoms with Gasteiger partial charge in [0.15, 0.2) is 13.4 Å². The van der Waals surface area contributed by atoms with Crippen molar-refractivity contribution in [1.29, 1.82) is 0 Å². The molecule has 1 aliphatic heterocycles. The summed E-state index contributed by atoms with van der Waals surface area (Å²) in [5.74, 6) is 0.0883. The lowest BCUT2D eigenvalue weighted by atomic mass is 10.3. The van der Waals surface area contributed by atoms with Crippen LogP contribution >= 0.6 is 11.8 Å². The Balaban J connectivity index is 1.93. The molecule has 0 radical (unpaired) electrons. The van der Waals surface area contributed by atoms with Crippen LogP contribution in [0, 0.1) is 0 Å². The molecule has 1 heterocycles. The lowest BCUT2D eigenvalue weighted by Crippen LogP contribution is -2.19. The van der Waals surface area contributed by atoms with Crippen molar-refractivity contribution in [3.05, 3.63) is 30.4 Å². The van der Waals surface area contributed by atoms with E-state index in [-0.39, 0.29) is 12.4 Å². The maximum absolute atomic E-state index is 11.6. The standard InChI is InChI=1S/C14H14O6S/c1-9(2)14(16)18-6-13(15)20-10-3-4-12-11(5-10)19-7-17-8-21-12/h3-5H,1,6-8H2,2H3. The molecule has 6 nitrogen and oxygen atoms in total. The predicted molar refractivity (Wildman–Crippen MR) is 75.2 cm³/mol. The normalized spacial score (nSPS) is 13.4. The summed E-state index contributed by atoms with van der Waals surface area (Å²) >= 11 is 1.49. The van der Waals surface area contributed by atoms with Crippen molar-refractivity contribution in [3.63, 3.8) is 0 Å². The molecule has 112 valence electrons. The van der Waals surface area contributed by atoms with Gasteiger partial charge >= 0.3 is 11.9 Å². The number of benzene rings is 1. The summed E-state index contributed by atoms with van der Waals surface area (Å²) in [7, 11) is 0. The van der Waals surface area contributed by atoms with Crippen LogP contribution in [0.5, 0.6) is 11.5 Å². The highest BCUT2D eigenvalue weighted by Gasteiger charge is 2.14. The van der Waals surface area contributed by atoms with Gasteiger partial charge in [0.05, 0.1) is 4.90 Å². The molecule has 0 unspecified atom stereocenters. The van der Waals surface area contributed by atoms with Crippen molar-refractivity contribution in [2.24, 2.45) is 0 Å². The maximum Gasteiger partial charge on any atom is 0.349 e. The second kappa shape index (κ2) is 7.14. The van der Waals surface area contributed by atoms with E-state index in [1.54, 1.807) is 18.2 Å². The second-order valence-electron chi connectivity index (χ2n) is 4.17. The molecule has 0 aliphatic carbocycles. The van der Waals surface area contributed by atoms with Crippen LogP contribution in [-0.4, -0.2) is 31.3 Å². The van der Waals surface area contributed by atoms with Gasteiger partial charge < -0.3 is 18.9 Å². The molecule has 1 aromatic carbocycles. The molecular weight excluding hydrogens is 296 g/mol. The third-order valence-electron chi connectivity index (χ3n) is 2.41. The number of carbonyl (C=O) groups is 2. The number of thioether (sulfide) groups is 1. The van der Waals surface area contributed by atoms with Gasteiger partial charge in [0.2, 0.25) is 0 Å². The fraction of sp³-hybridized carbons (Fsp3) is 0.286. The van der Waals surface area contributed by atoms with Crippen LogP contribution < -0.4 is 9.47 Å². The molecule has 1 aliphatic rings. The molecule has 0 spiro atoms. The van der Waals surface area contributed by atoms with Crippen LogP contribution in [0.15, 0.2) is 35.2 Å². The number of hydrogen-bond donors (Lipinski definition) is 0. The lowest BCUT2D eigenvalue weighted by Gasteiger charge is -2.09. The molecule has 21 heavy (non-hydrogen) atoms. The first-order valence-electron chi connectivity index (χ1n) is 6.07. The summed E-state index contributed by atoms with van der Waals surface area (Å²) in [6.45, 7) is 4.59. The summed E-state index contributed by atoms with van der Waals surface area (Å²) in [5.41, 5.74) is 0.221. The van der Waals surface area contributed by atoms with Gasteiger partial charge in [-0.2, -0.15) is 0 Å². The first-order valence-corrected chi connectivity index (χ1v) is 7.05. The first kappa shape index (κ1) is 15.4. The number of fused-ring (bicyclic) bond motifs is 1. The Morgan fingerprint density at radius 2 is 2.24 bits per heavy atom. The molecule has 7 heteroatoms. The topological polar surface area (TPSA) is 71.1 Å². The Morgan fingerprint density at radius 3 is 3.00 bits per heavy atom. The molecule has 0 N–H and O–H groups in total. The van der Waals surface area contributed by atoms with E-state index in [1.807, 2.05) is 0 Å². The van der Waals surface area contributed by atoms with Crippen molar-refractivity contribution < 1.29 is 28.5 Å². The van der Waals surface area contributed by atoms with E-state index >= 15 is 0 Å². The van der Waals surface area contributed by atoms with Crippen LogP contribution in [0.3, 0.4) is 0 Å². The molecule has 0 amide bonds. The van der Waals surface area contributed by atoms with Gasteiger partial charge in [0, 0.05) is 11.6 Å². The van der Waals surface area contributed by atoms with Gasteiger partial charge in [-0.3, -0.25) is 0 Å². The SMILES string of the molecule is C=C(C)C(=O)OCC(=O)Oc1ccc2c(c1)OCOCS2. The van der Waals surface area contributed by atoms with Gasteiger partial charge in [0.1, 0.15) is 17.4 Å². The zero-order valence-electron chi connectivity index (χ0n) is 11.4. The van der Waals surface area contributed by atoms with Crippen molar-refractivity contribution in [2.45, 2.75) is 11.8 Å². The highest BCUT2D eigenvalue weighted by atomic mass is 32.2. The van der Waals surface area contributed by atoms with E-state index in [0.717, 1.165) is 4.90 Å². The van der Waals surface area contributed by atoms with Crippen LogP contribution in [0.1, 0.15) is 6.92 Å². The van der Waals surface area contributed by atoms with E-state index in [9.17, 15) is 9.59 Å². The zero-order valence-corrected chi connectivity index (χ0v) is 12.2. The van der Waals surface area contributed by atoms with Crippen LogP contribution in [-0.2, 0) is 19.1 Å². The molecular formula is C14H14O6S. The average Bonchev–Trinajstić information content (AvgIpc) is 2.69. The minimum atomic E-state index is -0.679. The fourth-order valence-electron chi connectivity index (χ4n) is 1.44. The Kier molecular flexibility index (Phi) is 5.24. The quantitative estimate of drug-likeness (QED) is 0.479. The maximum atomic E-state index is 11.6. The van der Waals surface area contributed by atoms with Crippen LogP contribution in [0.4, 0.5) is 0 Å². The third kappa shape index (κ3) is 4.51. The second-order valence-corrected chi connectivity index (χ2v) is 5.13. The number of carbonyl (C=O) groups excluding carboxylic acids is 2. The Morgan fingerprint density at radius 1 is 1.43 bits per heavy atom. The predicted octanol–water partition coefficient (Wildman–Crippen LogP) is 2.13. The molecule has 0 atom stereocenters. The Hall–Kier alpha value is -1.99. The van der Waals surface area contributed by atoms with Crippen molar-refractivity contribution >= 4 is 23.7 Å².